The van der Waals surface area contributed by atoms with Crippen LogP contribution >= 0.6 is 0 Å². The van der Waals surface area contributed by atoms with Crippen molar-refractivity contribution < 1.29 is 12.0 Å². The van der Waals surface area contributed by atoms with E-state index in [-0.39, 0.29) is 20.6 Å². The van der Waals surface area contributed by atoms with E-state index in [1.54, 1.807) is 24.4 Å². The van der Waals surface area contributed by atoms with Crippen LogP contribution in [0.1, 0.15) is 50.7 Å². The van der Waals surface area contributed by atoms with E-state index >= 15 is 0 Å². The van der Waals surface area contributed by atoms with Gasteiger partial charge in [-0.3, -0.25) is 4.79 Å². The van der Waals surface area contributed by atoms with Crippen molar-refractivity contribution in [1.82, 2.24) is 10.3 Å². The first-order chi connectivity index (χ1) is 13.0. The number of amides is 1. The van der Waals surface area contributed by atoms with Gasteiger partial charge in [-0.05, 0) is 61.6 Å². The molecule has 1 amide bonds. The molecule has 139 valence electrons. The highest BCUT2D eigenvalue weighted by molar-refractivity contribution is 5.92. The molecule has 1 saturated carbocycles. The highest BCUT2D eigenvalue weighted by Gasteiger charge is 2.34. The summed E-state index contributed by atoms with van der Waals surface area (Å²) in [6.07, 6.45) is 8.85. The Balaban J connectivity index is 0.00000150. The lowest BCUT2D eigenvalue weighted by atomic mass is 9.80. The number of carbonyl (C=O) groups excluding carboxylic acids is 1. The molecule has 4 rings (SSSR count). The number of nitrogens with zero attached hydrogens (tertiary/aromatic N) is 1. The Morgan fingerprint density at radius 2 is 2.15 bits per heavy atom. The first-order valence-electron chi connectivity index (χ1n) is 9.16. The van der Waals surface area contributed by atoms with Crippen molar-refractivity contribution in [3.05, 3.63) is 83.3 Å². The van der Waals surface area contributed by atoms with Gasteiger partial charge in [-0.1, -0.05) is 30.0 Å². The molecule has 1 heterocycles. The summed E-state index contributed by atoms with van der Waals surface area (Å²) < 4.78 is 13.7. The first-order valence-corrected chi connectivity index (χ1v) is 9.16. The molecule has 0 bridgehead atoms. The van der Waals surface area contributed by atoms with Gasteiger partial charge in [0.15, 0.2) is 0 Å². The molecular weight excluding hydrogens is 339 g/mol. The number of carbonyl (C=O) groups is 1. The van der Waals surface area contributed by atoms with Crippen LogP contribution in [0, 0.1) is 24.1 Å². The number of halogens is 1. The molecule has 1 aromatic carbocycles. The lowest BCUT2D eigenvalue weighted by molar-refractivity contribution is 0.0912. The maximum absolute atomic E-state index is 13.7. The Morgan fingerprint density at radius 3 is 2.74 bits per heavy atom. The molecule has 1 unspecified atom stereocenters. The molecule has 1 atom stereocenters. The summed E-state index contributed by atoms with van der Waals surface area (Å²) in [4.78, 5) is 16.4. The molecule has 4 heteroatoms. The average molecular weight is 363 g/mol. The molecule has 2 aromatic rings. The quantitative estimate of drug-likeness (QED) is 0.816. The Hall–Kier alpha value is -2.93. The molecule has 3 nitrogen and oxygen atoms in total. The maximum Gasteiger partial charge on any atom is 0.270 e. The number of hydrogen-bond acceptors (Lipinski definition) is 2. The fourth-order valence-corrected chi connectivity index (χ4v) is 3.10. The van der Waals surface area contributed by atoms with E-state index in [9.17, 15) is 9.18 Å². The molecule has 0 aliphatic heterocycles. The third kappa shape index (κ3) is 3.78. The van der Waals surface area contributed by atoms with Crippen molar-refractivity contribution >= 4 is 5.91 Å². The van der Waals surface area contributed by atoms with Gasteiger partial charge >= 0.3 is 0 Å². The van der Waals surface area contributed by atoms with Gasteiger partial charge in [0, 0.05) is 27.1 Å². The zero-order valence-corrected chi connectivity index (χ0v) is 15.1. The summed E-state index contributed by atoms with van der Waals surface area (Å²) in [6.45, 7) is 1.98. The Morgan fingerprint density at radius 1 is 1.33 bits per heavy atom. The lowest BCUT2D eigenvalue weighted by Crippen LogP contribution is -2.39. The van der Waals surface area contributed by atoms with E-state index in [4.69, 9.17) is 0 Å². The Kier molecular flexibility index (Phi) is 4.53. The van der Waals surface area contributed by atoms with Crippen LogP contribution < -0.4 is 5.32 Å². The minimum atomic E-state index is -0.567. The zero-order chi connectivity index (χ0) is 18.9. The predicted molar refractivity (Wildman–Crippen MR) is 107 cm³/mol. The van der Waals surface area contributed by atoms with Crippen LogP contribution in [0.15, 0.2) is 54.2 Å². The average Bonchev–Trinajstić information content (AvgIpc) is 3.48. The number of aromatic nitrogens is 1. The van der Waals surface area contributed by atoms with E-state index in [1.807, 2.05) is 25.5 Å². The van der Waals surface area contributed by atoms with E-state index in [0.717, 1.165) is 29.5 Å². The second kappa shape index (κ2) is 7.00. The molecular formula is C23H24FN2O. The van der Waals surface area contributed by atoms with Gasteiger partial charge in [-0.2, -0.15) is 0 Å². The molecule has 0 spiro atoms. The van der Waals surface area contributed by atoms with Crippen LogP contribution in [-0.4, -0.2) is 16.9 Å². The fourth-order valence-electron chi connectivity index (χ4n) is 3.10. The molecule has 2 aliphatic carbocycles. The largest absolute Gasteiger partial charge is 0.348 e. The van der Waals surface area contributed by atoms with Gasteiger partial charge in [0.05, 0.1) is 5.41 Å². The summed E-state index contributed by atoms with van der Waals surface area (Å²) in [5.41, 5.74) is 2.45. The highest BCUT2D eigenvalue weighted by Crippen LogP contribution is 2.40. The van der Waals surface area contributed by atoms with E-state index in [0.29, 0.717) is 5.69 Å². The molecule has 0 saturated heterocycles. The van der Waals surface area contributed by atoms with Crippen molar-refractivity contribution in [2.24, 2.45) is 0 Å². The van der Waals surface area contributed by atoms with Gasteiger partial charge in [0.2, 0.25) is 0 Å². The van der Waals surface area contributed by atoms with Crippen LogP contribution in [0.3, 0.4) is 0 Å². The Bertz CT molecular complexity index is 974. The van der Waals surface area contributed by atoms with Crippen LogP contribution in [-0.2, 0) is 5.41 Å². The normalized spacial score (nSPS) is 17.6. The molecule has 1 aromatic heterocycles. The minimum absolute atomic E-state index is 0. The number of allylic oxidation sites excluding steroid dienone is 2. The first kappa shape index (κ1) is 17.5. The molecule has 2 aliphatic rings. The number of pyridine rings is 1. The minimum Gasteiger partial charge on any atom is -0.348 e. The highest BCUT2D eigenvalue weighted by atomic mass is 19.1. The van der Waals surface area contributed by atoms with Crippen molar-refractivity contribution in [2.75, 3.05) is 0 Å². The standard InChI is InChI=1S/C23H20FN2O.2H2/c1-23(17-9-10-17,18-4-2-5-19(24)14-18)13-12-16-8-11-21(25-15-16)22(27)26-20-6-3-7-20;;/h2,4-5,8-11,14-15,20H,3,6-7H2,1H3,(H,26,27);2*1H. The van der Waals surface area contributed by atoms with Crippen LogP contribution in [0.4, 0.5) is 4.39 Å². The van der Waals surface area contributed by atoms with Gasteiger partial charge in [-0.25, -0.2) is 9.37 Å². The second-order valence-corrected chi connectivity index (χ2v) is 7.21. The van der Waals surface area contributed by atoms with E-state index in [2.05, 4.69) is 22.1 Å². The topological polar surface area (TPSA) is 42.0 Å². The van der Waals surface area contributed by atoms with Crippen LogP contribution in [0.5, 0.6) is 0 Å². The number of hydrogen-bond donors (Lipinski definition) is 1. The van der Waals surface area contributed by atoms with E-state index < -0.39 is 5.41 Å². The lowest BCUT2D eigenvalue weighted by Gasteiger charge is -2.26. The monoisotopic (exact) mass is 363 g/mol. The van der Waals surface area contributed by atoms with Gasteiger partial charge in [-0.15, -0.1) is 0 Å². The third-order valence-corrected chi connectivity index (χ3v) is 5.21. The second-order valence-electron chi connectivity index (χ2n) is 7.21. The van der Waals surface area contributed by atoms with Gasteiger partial charge in [0.1, 0.15) is 11.5 Å². The molecule has 1 radical (unpaired) electrons. The summed E-state index contributed by atoms with van der Waals surface area (Å²) >= 11 is 0. The molecule has 1 fully saturated rings. The fraction of sp³-hybridized carbons (Fsp3) is 0.261. The van der Waals surface area contributed by atoms with Crippen molar-refractivity contribution in [3.63, 3.8) is 0 Å². The molecule has 1 N–H and O–H groups in total. The van der Waals surface area contributed by atoms with Gasteiger partial charge in [0.25, 0.3) is 5.91 Å². The maximum atomic E-state index is 13.7. The Labute approximate surface area is 161 Å². The number of rotatable bonds is 4. The van der Waals surface area contributed by atoms with E-state index in [1.165, 1.54) is 18.6 Å². The predicted octanol–water partition coefficient (Wildman–Crippen LogP) is 4.45. The summed E-state index contributed by atoms with van der Waals surface area (Å²) in [5, 5.41) is 2.97. The van der Waals surface area contributed by atoms with Crippen molar-refractivity contribution in [3.8, 4) is 11.8 Å². The SMILES string of the molecule is CC(C#Cc1ccc(C(=O)NC2CCC2)nc1)(C1=C[CH]1)c1cccc(F)c1.[HH].[HH]. The number of nitrogens with one attached hydrogen (secondary N) is 1. The van der Waals surface area contributed by atoms with Crippen molar-refractivity contribution in [1.29, 1.82) is 0 Å². The third-order valence-electron chi connectivity index (χ3n) is 5.21. The summed E-state index contributed by atoms with van der Waals surface area (Å²) in [5.74, 6) is 5.98. The van der Waals surface area contributed by atoms with Gasteiger partial charge < -0.3 is 5.32 Å². The van der Waals surface area contributed by atoms with Crippen LogP contribution in [0.25, 0.3) is 0 Å². The smallest absolute Gasteiger partial charge is 0.270 e. The number of benzene rings is 1. The summed E-state index contributed by atoms with van der Waals surface area (Å²) in [7, 11) is 0. The van der Waals surface area contributed by atoms with Crippen LogP contribution in [0.2, 0.25) is 0 Å². The zero-order valence-electron chi connectivity index (χ0n) is 15.1. The molecule has 27 heavy (non-hydrogen) atoms. The summed E-state index contributed by atoms with van der Waals surface area (Å²) in [6, 6.07) is 10.3. The van der Waals surface area contributed by atoms with Crippen molar-refractivity contribution in [2.45, 2.75) is 37.6 Å².